The molecule has 2 rings (SSSR count). The minimum atomic E-state index is -0.524. The Kier molecular flexibility index (Phi) is 7.15. The Morgan fingerprint density at radius 3 is 1.93 bits per heavy atom. The highest BCUT2D eigenvalue weighted by atomic mass is 16.6. The molecule has 2 aliphatic rings. The first-order chi connectivity index (χ1) is 12.7. The van der Waals surface area contributed by atoms with Gasteiger partial charge in [-0.15, -0.1) is 0 Å². The number of ether oxygens (including phenoxy) is 2. The number of carbonyl (C=O) groups excluding carboxylic acids is 3. The first kappa shape index (κ1) is 21.1. The van der Waals surface area contributed by atoms with Crippen molar-refractivity contribution in [1.29, 1.82) is 0 Å². The Bertz CT molecular complexity index is 532. The van der Waals surface area contributed by atoms with Gasteiger partial charge in [0.25, 0.3) is 0 Å². The highest BCUT2D eigenvalue weighted by Crippen LogP contribution is 2.14. The summed E-state index contributed by atoms with van der Waals surface area (Å²) in [6, 6.07) is -0.0690. The topological polar surface area (TPSA) is 91.4 Å². The molecule has 9 heteroatoms. The highest BCUT2D eigenvalue weighted by molar-refractivity contribution is 5.75. The first-order valence-corrected chi connectivity index (χ1v) is 9.64. The summed E-state index contributed by atoms with van der Waals surface area (Å²) in [5.41, 5.74) is -0.524. The number of carbonyl (C=O) groups is 3. The summed E-state index contributed by atoms with van der Waals surface area (Å²) in [7, 11) is 0. The van der Waals surface area contributed by atoms with Crippen LogP contribution in [0.2, 0.25) is 0 Å². The predicted octanol–water partition coefficient (Wildman–Crippen LogP) is 1.87. The highest BCUT2D eigenvalue weighted by Gasteiger charge is 2.30. The quantitative estimate of drug-likeness (QED) is 0.785. The SMILES string of the molecule is CCOC(=O)N1CCC(NC(=O)N2CCN(C(=O)OC(C)(C)C)CC2)CC1. The smallest absolute Gasteiger partial charge is 0.410 e. The number of rotatable bonds is 2. The molecule has 0 aromatic carbocycles. The third kappa shape index (κ3) is 6.48. The van der Waals surface area contributed by atoms with E-state index in [1.165, 1.54) is 0 Å². The van der Waals surface area contributed by atoms with E-state index in [4.69, 9.17) is 9.47 Å². The van der Waals surface area contributed by atoms with Crippen LogP contribution in [-0.4, -0.2) is 90.4 Å². The summed E-state index contributed by atoms with van der Waals surface area (Å²) < 4.78 is 10.4. The fraction of sp³-hybridized carbons (Fsp3) is 0.833. The third-order valence-electron chi connectivity index (χ3n) is 4.57. The molecule has 1 N–H and O–H groups in total. The van der Waals surface area contributed by atoms with Crippen molar-refractivity contribution in [3.8, 4) is 0 Å². The first-order valence-electron chi connectivity index (χ1n) is 9.64. The Morgan fingerprint density at radius 2 is 1.41 bits per heavy atom. The van der Waals surface area contributed by atoms with Crippen LogP contribution >= 0.6 is 0 Å². The van der Waals surface area contributed by atoms with E-state index in [2.05, 4.69) is 5.32 Å². The number of nitrogens with zero attached hydrogens (tertiary/aromatic N) is 3. The molecule has 0 radical (unpaired) electrons. The molecule has 2 aliphatic heterocycles. The van der Waals surface area contributed by atoms with Crippen LogP contribution in [0.25, 0.3) is 0 Å². The zero-order valence-corrected chi connectivity index (χ0v) is 16.8. The lowest BCUT2D eigenvalue weighted by Gasteiger charge is -2.37. The van der Waals surface area contributed by atoms with Crippen molar-refractivity contribution in [3.63, 3.8) is 0 Å². The van der Waals surface area contributed by atoms with Gasteiger partial charge in [-0.25, -0.2) is 14.4 Å². The van der Waals surface area contributed by atoms with E-state index in [1.54, 1.807) is 21.6 Å². The number of piperazine rings is 1. The lowest BCUT2D eigenvalue weighted by atomic mass is 10.1. The number of amides is 4. The van der Waals surface area contributed by atoms with Gasteiger partial charge in [0.05, 0.1) is 6.61 Å². The fourth-order valence-electron chi connectivity index (χ4n) is 3.11. The molecule has 2 fully saturated rings. The van der Waals surface area contributed by atoms with E-state index in [0.29, 0.717) is 58.7 Å². The van der Waals surface area contributed by atoms with Gasteiger partial charge in [0.15, 0.2) is 0 Å². The largest absolute Gasteiger partial charge is 0.450 e. The monoisotopic (exact) mass is 384 g/mol. The zero-order valence-electron chi connectivity index (χ0n) is 16.8. The average Bonchev–Trinajstić information content (AvgIpc) is 2.61. The molecule has 9 nitrogen and oxygen atoms in total. The average molecular weight is 384 g/mol. The molecule has 0 spiro atoms. The third-order valence-corrected chi connectivity index (χ3v) is 4.57. The Morgan fingerprint density at radius 1 is 0.889 bits per heavy atom. The van der Waals surface area contributed by atoms with E-state index in [0.717, 1.165) is 0 Å². The molecule has 0 aromatic rings. The molecule has 27 heavy (non-hydrogen) atoms. The molecule has 0 aliphatic carbocycles. The minimum absolute atomic E-state index is 0.0482. The zero-order chi connectivity index (χ0) is 20.0. The summed E-state index contributed by atoms with van der Waals surface area (Å²) in [5.74, 6) is 0. The van der Waals surface area contributed by atoms with Gasteiger partial charge in [-0.2, -0.15) is 0 Å². The Balaban J connectivity index is 1.71. The van der Waals surface area contributed by atoms with Gasteiger partial charge >= 0.3 is 18.2 Å². The van der Waals surface area contributed by atoms with Gasteiger partial charge in [0.2, 0.25) is 0 Å². The Labute approximate surface area is 160 Å². The second-order valence-electron chi connectivity index (χ2n) is 7.86. The number of likely N-dealkylation sites (tertiary alicyclic amines) is 1. The molecule has 0 atom stereocenters. The molecule has 154 valence electrons. The van der Waals surface area contributed by atoms with E-state index in [1.807, 2.05) is 20.8 Å². The van der Waals surface area contributed by atoms with E-state index < -0.39 is 5.60 Å². The molecule has 0 unspecified atom stereocenters. The normalized spacial score (nSPS) is 18.9. The maximum absolute atomic E-state index is 12.5. The van der Waals surface area contributed by atoms with Gasteiger partial charge in [0, 0.05) is 45.3 Å². The summed E-state index contributed by atoms with van der Waals surface area (Å²) in [5, 5.41) is 3.04. The number of hydrogen-bond donors (Lipinski definition) is 1. The van der Waals surface area contributed by atoms with Gasteiger partial charge in [-0.3, -0.25) is 0 Å². The van der Waals surface area contributed by atoms with Crippen LogP contribution in [0, 0.1) is 0 Å². The van der Waals surface area contributed by atoms with Crippen LogP contribution < -0.4 is 5.32 Å². The molecular formula is C18H32N4O5. The van der Waals surface area contributed by atoms with Crippen LogP contribution in [0.3, 0.4) is 0 Å². The lowest BCUT2D eigenvalue weighted by molar-refractivity contribution is 0.0168. The van der Waals surface area contributed by atoms with Crippen molar-refractivity contribution in [2.45, 2.75) is 52.2 Å². The maximum atomic E-state index is 12.5. The van der Waals surface area contributed by atoms with Gasteiger partial charge in [-0.1, -0.05) is 0 Å². The van der Waals surface area contributed by atoms with Crippen molar-refractivity contribution < 1.29 is 23.9 Å². The van der Waals surface area contributed by atoms with Gasteiger partial charge in [0.1, 0.15) is 5.60 Å². The van der Waals surface area contributed by atoms with Crippen LogP contribution in [0.15, 0.2) is 0 Å². The summed E-state index contributed by atoms with van der Waals surface area (Å²) in [6.07, 6.45) is 0.791. The standard InChI is InChI=1S/C18H32N4O5/c1-5-26-16(24)21-8-6-14(7-9-21)19-15(23)20-10-12-22(13-11-20)17(25)27-18(2,3)4/h14H,5-13H2,1-4H3,(H,19,23). The van der Waals surface area contributed by atoms with Crippen LogP contribution in [0.5, 0.6) is 0 Å². The number of piperidine rings is 1. The lowest BCUT2D eigenvalue weighted by Crippen LogP contribution is -2.56. The molecular weight excluding hydrogens is 352 g/mol. The summed E-state index contributed by atoms with van der Waals surface area (Å²) >= 11 is 0. The van der Waals surface area contributed by atoms with Gasteiger partial charge < -0.3 is 29.5 Å². The number of nitrogens with one attached hydrogen (secondary N) is 1. The number of hydrogen-bond acceptors (Lipinski definition) is 5. The second-order valence-corrected chi connectivity index (χ2v) is 7.86. The molecule has 0 bridgehead atoms. The molecule has 0 aromatic heterocycles. The number of urea groups is 1. The van der Waals surface area contributed by atoms with Crippen molar-refractivity contribution in [1.82, 2.24) is 20.0 Å². The van der Waals surface area contributed by atoms with Crippen molar-refractivity contribution in [2.24, 2.45) is 0 Å². The summed E-state index contributed by atoms with van der Waals surface area (Å²) in [6.45, 7) is 10.7. The van der Waals surface area contributed by atoms with Crippen molar-refractivity contribution in [2.75, 3.05) is 45.9 Å². The van der Waals surface area contributed by atoms with E-state index in [-0.39, 0.29) is 24.3 Å². The maximum Gasteiger partial charge on any atom is 0.410 e. The fourth-order valence-corrected chi connectivity index (χ4v) is 3.11. The van der Waals surface area contributed by atoms with Crippen molar-refractivity contribution >= 4 is 18.2 Å². The minimum Gasteiger partial charge on any atom is -0.450 e. The van der Waals surface area contributed by atoms with Crippen LogP contribution in [0.1, 0.15) is 40.5 Å². The second kappa shape index (κ2) is 9.14. The molecule has 2 saturated heterocycles. The van der Waals surface area contributed by atoms with E-state index in [9.17, 15) is 14.4 Å². The summed E-state index contributed by atoms with van der Waals surface area (Å²) in [4.78, 5) is 41.3. The van der Waals surface area contributed by atoms with Crippen molar-refractivity contribution in [3.05, 3.63) is 0 Å². The van der Waals surface area contributed by atoms with Crippen LogP contribution in [-0.2, 0) is 9.47 Å². The van der Waals surface area contributed by atoms with Crippen LogP contribution in [0.4, 0.5) is 14.4 Å². The molecule has 0 saturated carbocycles. The predicted molar refractivity (Wildman–Crippen MR) is 99.5 cm³/mol. The molecule has 2 heterocycles. The Hall–Kier alpha value is -2.19. The van der Waals surface area contributed by atoms with Gasteiger partial charge in [-0.05, 0) is 40.5 Å². The molecule has 4 amide bonds. The van der Waals surface area contributed by atoms with E-state index >= 15 is 0 Å².